The third-order valence-corrected chi connectivity index (χ3v) is 9.63. The number of rotatable bonds is 2. The van der Waals surface area contributed by atoms with E-state index in [9.17, 15) is 0 Å². The van der Waals surface area contributed by atoms with Crippen LogP contribution in [0.4, 0.5) is 0 Å². The van der Waals surface area contributed by atoms with Gasteiger partial charge >= 0.3 is 0 Å². The summed E-state index contributed by atoms with van der Waals surface area (Å²) in [6.07, 6.45) is 4.42. The van der Waals surface area contributed by atoms with E-state index in [-0.39, 0.29) is 17.9 Å². The first-order valence-electron chi connectivity index (χ1n) is 12.8. The molecule has 2 spiro atoms. The molecule has 9 atom stereocenters. The summed E-state index contributed by atoms with van der Waals surface area (Å²) in [5, 5.41) is 2.15. The van der Waals surface area contributed by atoms with E-state index < -0.39 is 29.6 Å². The summed E-state index contributed by atoms with van der Waals surface area (Å²) in [7, 11) is 3.43. The van der Waals surface area contributed by atoms with Gasteiger partial charge in [-0.25, -0.2) is 9.78 Å². The normalized spacial score (nSPS) is 49.3. The van der Waals surface area contributed by atoms with E-state index in [2.05, 4.69) is 24.1 Å². The standard InChI is InChI=1S/C26H35NO7/c1-15-5-8-21-25(14-20-18-7-6-17(28-3)13-16(18)10-12-27(20)32-25)22(29-4)30-23-26(21)19(15)9-11-24(2,31-23)33-34-26/h6-7,13,15,19-23H,5,8-12,14H2,1-4H3/t15-,19+,20-,21+,22-,23-,24-,25-,26-/m1/s1. The molecule has 0 radical (unpaired) electrons. The lowest BCUT2D eigenvalue weighted by molar-refractivity contribution is -0.586. The third-order valence-electron chi connectivity index (χ3n) is 9.63. The van der Waals surface area contributed by atoms with Crippen LogP contribution >= 0.6 is 0 Å². The van der Waals surface area contributed by atoms with Crippen molar-refractivity contribution in [2.45, 2.75) is 88.0 Å². The highest BCUT2D eigenvalue weighted by Crippen LogP contribution is 2.65. The van der Waals surface area contributed by atoms with E-state index in [4.69, 9.17) is 33.6 Å². The Morgan fingerprint density at radius 1 is 1.12 bits per heavy atom. The fourth-order valence-electron chi connectivity index (χ4n) is 8.01. The Morgan fingerprint density at radius 2 is 2.00 bits per heavy atom. The van der Waals surface area contributed by atoms with Crippen LogP contribution in [0.15, 0.2) is 18.2 Å². The van der Waals surface area contributed by atoms with Crippen LogP contribution in [0, 0.1) is 17.8 Å². The van der Waals surface area contributed by atoms with Crippen LogP contribution in [0.2, 0.25) is 0 Å². The second-order valence-electron chi connectivity index (χ2n) is 11.3. The Bertz CT molecular complexity index is 990. The topological polar surface area (TPSA) is 67.9 Å². The number of fused-ring (bicyclic) bond motifs is 6. The van der Waals surface area contributed by atoms with Gasteiger partial charge in [0.1, 0.15) is 11.4 Å². The minimum Gasteiger partial charge on any atom is -0.497 e. The molecule has 1 aromatic rings. The number of hydroxylamine groups is 2. The lowest BCUT2D eigenvalue weighted by atomic mass is 9.55. The van der Waals surface area contributed by atoms with Crippen molar-refractivity contribution in [3.8, 4) is 5.75 Å². The Balaban J connectivity index is 1.32. The molecule has 5 saturated heterocycles. The van der Waals surface area contributed by atoms with Gasteiger partial charge in [-0.2, -0.15) is 5.06 Å². The van der Waals surface area contributed by atoms with Crippen molar-refractivity contribution in [2.75, 3.05) is 20.8 Å². The Kier molecular flexibility index (Phi) is 4.77. The molecule has 8 nitrogen and oxygen atoms in total. The largest absolute Gasteiger partial charge is 0.497 e. The van der Waals surface area contributed by atoms with Crippen LogP contribution < -0.4 is 4.74 Å². The molecule has 0 N–H and O–H groups in total. The van der Waals surface area contributed by atoms with Crippen LogP contribution in [0.1, 0.15) is 63.1 Å². The highest BCUT2D eigenvalue weighted by molar-refractivity contribution is 5.40. The number of benzene rings is 1. The first kappa shape index (κ1) is 22.0. The van der Waals surface area contributed by atoms with Gasteiger partial charge in [-0.15, -0.1) is 0 Å². The summed E-state index contributed by atoms with van der Waals surface area (Å²) in [4.78, 5) is 19.4. The summed E-state index contributed by atoms with van der Waals surface area (Å²) in [5.74, 6) is 0.886. The molecule has 8 heteroatoms. The van der Waals surface area contributed by atoms with E-state index in [1.807, 2.05) is 13.0 Å². The van der Waals surface area contributed by atoms with Crippen LogP contribution in [-0.2, 0) is 35.2 Å². The molecule has 0 aromatic heterocycles. The highest BCUT2D eigenvalue weighted by atomic mass is 17.3. The van der Waals surface area contributed by atoms with Crippen LogP contribution in [-0.4, -0.2) is 55.4 Å². The summed E-state index contributed by atoms with van der Waals surface area (Å²) >= 11 is 0. The summed E-state index contributed by atoms with van der Waals surface area (Å²) < 4.78 is 24.6. The average Bonchev–Trinajstić information content (AvgIpc) is 3.09. The van der Waals surface area contributed by atoms with Gasteiger partial charge in [0, 0.05) is 32.4 Å². The molecule has 34 heavy (non-hydrogen) atoms. The maximum atomic E-state index is 6.95. The van der Waals surface area contributed by atoms with Crippen molar-refractivity contribution in [1.82, 2.24) is 5.06 Å². The molecule has 1 aromatic carbocycles. The summed E-state index contributed by atoms with van der Waals surface area (Å²) in [5.41, 5.74) is 1.23. The maximum absolute atomic E-state index is 6.95. The summed E-state index contributed by atoms with van der Waals surface area (Å²) in [6, 6.07) is 6.52. The fourth-order valence-corrected chi connectivity index (χ4v) is 8.01. The van der Waals surface area contributed by atoms with Gasteiger partial charge in [0.15, 0.2) is 18.2 Å². The molecule has 0 amide bonds. The molecule has 6 heterocycles. The third kappa shape index (κ3) is 2.73. The van der Waals surface area contributed by atoms with Crippen molar-refractivity contribution in [3.63, 3.8) is 0 Å². The fraction of sp³-hybridized carbons (Fsp3) is 0.769. The Morgan fingerprint density at radius 3 is 2.82 bits per heavy atom. The van der Waals surface area contributed by atoms with Crippen molar-refractivity contribution in [2.24, 2.45) is 17.8 Å². The molecule has 6 fully saturated rings. The molecule has 186 valence electrons. The molecule has 8 rings (SSSR count). The number of methoxy groups -OCH3 is 2. The van der Waals surface area contributed by atoms with Crippen molar-refractivity contribution < 1.29 is 33.6 Å². The van der Waals surface area contributed by atoms with Crippen LogP contribution in [0.25, 0.3) is 0 Å². The van der Waals surface area contributed by atoms with Crippen LogP contribution in [0.3, 0.4) is 0 Å². The lowest BCUT2D eigenvalue weighted by Crippen LogP contribution is -2.76. The second kappa shape index (κ2) is 7.38. The van der Waals surface area contributed by atoms with Crippen molar-refractivity contribution in [3.05, 3.63) is 29.3 Å². The Labute approximate surface area is 200 Å². The second-order valence-corrected chi connectivity index (χ2v) is 11.3. The van der Waals surface area contributed by atoms with E-state index in [1.54, 1.807) is 14.2 Å². The number of ether oxygens (including phenoxy) is 4. The van der Waals surface area contributed by atoms with Gasteiger partial charge in [0.05, 0.1) is 13.2 Å². The molecule has 7 aliphatic rings. The quantitative estimate of drug-likeness (QED) is 0.600. The molecular formula is C26H35NO7. The zero-order valence-electron chi connectivity index (χ0n) is 20.5. The van der Waals surface area contributed by atoms with E-state index in [1.165, 1.54) is 11.1 Å². The molecule has 0 unspecified atom stereocenters. The van der Waals surface area contributed by atoms with Gasteiger partial charge in [-0.3, -0.25) is 4.84 Å². The minimum atomic E-state index is -0.799. The smallest absolute Gasteiger partial charge is 0.201 e. The monoisotopic (exact) mass is 473 g/mol. The van der Waals surface area contributed by atoms with Gasteiger partial charge in [0.25, 0.3) is 0 Å². The lowest BCUT2D eigenvalue weighted by Gasteiger charge is -2.62. The highest BCUT2D eigenvalue weighted by Gasteiger charge is 2.76. The molecule has 2 bridgehead atoms. The Hall–Kier alpha value is -1.26. The SMILES string of the molecule is COc1ccc2c(c1)CCN1O[C@@]3(C[C@H]21)[C@H](OC)O[C@@H]1O[C@@]2(C)CC[C@H]4[C@H](C)CC[C@@H]3[C@@]14OO2. The van der Waals surface area contributed by atoms with Crippen LogP contribution in [0.5, 0.6) is 5.75 Å². The van der Waals surface area contributed by atoms with Crippen molar-refractivity contribution in [1.29, 1.82) is 0 Å². The predicted molar refractivity (Wildman–Crippen MR) is 119 cm³/mol. The van der Waals surface area contributed by atoms with Crippen molar-refractivity contribution >= 4 is 0 Å². The van der Waals surface area contributed by atoms with Gasteiger partial charge in [0.2, 0.25) is 5.79 Å². The zero-order chi connectivity index (χ0) is 23.3. The number of hydrogen-bond acceptors (Lipinski definition) is 8. The zero-order valence-corrected chi connectivity index (χ0v) is 20.5. The number of hydrogen-bond donors (Lipinski definition) is 0. The van der Waals surface area contributed by atoms with Gasteiger partial charge < -0.3 is 18.9 Å². The molecular weight excluding hydrogens is 438 g/mol. The number of nitrogens with zero attached hydrogens (tertiary/aromatic N) is 1. The van der Waals surface area contributed by atoms with E-state index >= 15 is 0 Å². The van der Waals surface area contributed by atoms with E-state index in [0.29, 0.717) is 5.92 Å². The molecule has 1 saturated carbocycles. The van der Waals surface area contributed by atoms with E-state index in [0.717, 1.165) is 50.8 Å². The first-order chi connectivity index (χ1) is 16.4. The summed E-state index contributed by atoms with van der Waals surface area (Å²) in [6.45, 7) is 5.09. The predicted octanol–water partition coefficient (Wildman–Crippen LogP) is 3.89. The van der Waals surface area contributed by atoms with Gasteiger partial charge in [-0.1, -0.05) is 13.0 Å². The average molecular weight is 474 g/mol. The minimum absolute atomic E-state index is 0.0276. The van der Waals surface area contributed by atoms with Gasteiger partial charge in [-0.05, 0) is 67.7 Å². The molecule has 6 aliphatic heterocycles. The maximum Gasteiger partial charge on any atom is 0.201 e. The molecule has 1 aliphatic carbocycles. The first-order valence-corrected chi connectivity index (χ1v) is 12.8.